The number of anilines is 1. The quantitative estimate of drug-likeness (QED) is 0.670. The molecule has 0 aliphatic rings. The van der Waals surface area contributed by atoms with E-state index in [1.165, 1.54) is 17.4 Å². The largest absolute Gasteiger partial charge is 0.298 e. The lowest BCUT2D eigenvalue weighted by atomic mass is 10.2. The first-order chi connectivity index (χ1) is 11.0. The fourth-order valence-electron chi connectivity index (χ4n) is 1.96. The first kappa shape index (κ1) is 15.8. The predicted octanol–water partition coefficient (Wildman–Crippen LogP) is 5.10. The van der Waals surface area contributed by atoms with E-state index in [4.69, 9.17) is 0 Å². The fourth-order valence-corrected chi connectivity index (χ4v) is 2.94. The van der Waals surface area contributed by atoms with Gasteiger partial charge in [0, 0.05) is 15.4 Å². The minimum atomic E-state index is -0.910. The highest BCUT2D eigenvalue weighted by Crippen LogP contribution is 2.26. The van der Waals surface area contributed by atoms with Crippen molar-refractivity contribution in [1.82, 2.24) is 4.98 Å². The fraction of sp³-hybridized carbons (Fsp3) is 0. The number of carbonyl (C=O) groups is 1. The Morgan fingerprint density at radius 2 is 1.74 bits per heavy atom. The minimum Gasteiger partial charge on any atom is -0.298 e. The van der Waals surface area contributed by atoms with E-state index in [-0.39, 0.29) is 5.13 Å². The summed E-state index contributed by atoms with van der Waals surface area (Å²) < 4.78 is 28.1. The van der Waals surface area contributed by atoms with Crippen molar-refractivity contribution < 1.29 is 13.6 Å². The number of nitrogens with zero attached hydrogens (tertiary/aromatic N) is 1. The van der Waals surface area contributed by atoms with Crippen LogP contribution in [0.25, 0.3) is 11.3 Å². The summed E-state index contributed by atoms with van der Waals surface area (Å²) in [5.74, 6) is -2.68. The summed E-state index contributed by atoms with van der Waals surface area (Å²) >= 11 is 4.53. The van der Waals surface area contributed by atoms with Crippen molar-refractivity contribution in [2.45, 2.75) is 0 Å². The van der Waals surface area contributed by atoms with Crippen molar-refractivity contribution in [3.05, 3.63) is 69.5 Å². The Hall–Kier alpha value is -2.12. The number of rotatable bonds is 3. The van der Waals surface area contributed by atoms with Crippen LogP contribution in [-0.2, 0) is 0 Å². The SMILES string of the molecule is O=C(Nc1nc(-c2ccc(Br)cc2)cs1)c1c(F)cccc1F. The van der Waals surface area contributed by atoms with Gasteiger partial charge >= 0.3 is 0 Å². The summed E-state index contributed by atoms with van der Waals surface area (Å²) in [6.45, 7) is 0. The molecule has 0 aliphatic carbocycles. The molecule has 0 spiro atoms. The molecule has 0 fully saturated rings. The number of thiazole rings is 1. The number of carbonyl (C=O) groups excluding carboxylic acids is 1. The van der Waals surface area contributed by atoms with E-state index < -0.39 is 23.1 Å². The van der Waals surface area contributed by atoms with Gasteiger partial charge in [0.25, 0.3) is 5.91 Å². The van der Waals surface area contributed by atoms with Crippen LogP contribution in [0.15, 0.2) is 52.3 Å². The van der Waals surface area contributed by atoms with E-state index in [0.717, 1.165) is 22.2 Å². The number of halogens is 3. The Morgan fingerprint density at radius 3 is 2.39 bits per heavy atom. The average molecular weight is 395 g/mol. The third-order valence-corrected chi connectivity index (χ3v) is 4.34. The van der Waals surface area contributed by atoms with Crippen molar-refractivity contribution in [2.75, 3.05) is 5.32 Å². The molecule has 116 valence electrons. The molecule has 0 bridgehead atoms. The highest BCUT2D eigenvalue weighted by molar-refractivity contribution is 9.10. The number of hydrogen-bond acceptors (Lipinski definition) is 3. The molecule has 1 aromatic heterocycles. The van der Waals surface area contributed by atoms with E-state index in [1.807, 2.05) is 24.3 Å². The molecule has 23 heavy (non-hydrogen) atoms. The van der Waals surface area contributed by atoms with Gasteiger partial charge in [-0.25, -0.2) is 13.8 Å². The Bertz CT molecular complexity index is 845. The zero-order valence-electron chi connectivity index (χ0n) is 11.5. The lowest BCUT2D eigenvalue weighted by Crippen LogP contribution is -2.15. The number of nitrogens with one attached hydrogen (secondary N) is 1. The topological polar surface area (TPSA) is 42.0 Å². The lowest BCUT2D eigenvalue weighted by Gasteiger charge is -2.04. The maximum absolute atomic E-state index is 13.6. The summed E-state index contributed by atoms with van der Waals surface area (Å²) in [6, 6.07) is 10.8. The van der Waals surface area contributed by atoms with Crippen LogP contribution in [0.4, 0.5) is 13.9 Å². The van der Waals surface area contributed by atoms with Gasteiger partial charge in [-0.15, -0.1) is 11.3 Å². The molecule has 2 aromatic carbocycles. The van der Waals surface area contributed by atoms with E-state index >= 15 is 0 Å². The van der Waals surface area contributed by atoms with Crippen LogP contribution in [0, 0.1) is 11.6 Å². The second-order valence-electron chi connectivity index (χ2n) is 4.60. The van der Waals surface area contributed by atoms with Crippen LogP contribution in [-0.4, -0.2) is 10.9 Å². The molecule has 0 unspecified atom stereocenters. The standard InChI is InChI=1S/C16H9BrF2N2OS/c17-10-6-4-9(5-7-10)13-8-23-16(20-13)21-15(22)14-11(18)2-1-3-12(14)19/h1-8H,(H,20,21,22). The molecule has 0 atom stereocenters. The van der Waals surface area contributed by atoms with Gasteiger partial charge in [-0.1, -0.05) is 34.1 Å². The molecule has 1 amide bonds. The van der Waals surface area contributed by atoms with E-state index in [0.29, 0.717) is 5.69 Å². The van der Waals surface area contributed by atoms with Crippen molar-refractivity contribution in [1.29, 1.82) is 0 Å². The Morgan fingerprint density at radius 1 is 1.09 bits per heavy atom. The molecule has 0 saturated heterocycles. The normalized spacial score (nSPS) is 10.6. The van der Waals surface area contributed by atoms with Crippen molar-refractivity contribution >= 4 is 38.3 Å². The van der Waals surface area contributed by atoms with Crippen LogP contribution in [0.2, 0.25) is 0 Å². The Labute approximate surface area is 143 Å². The summed E-state index contributed by atoms with van der Waals surface area (Å²) in [5.41, 5.74) is 0.932. The molecular weight excluding hydrogens is 386 g/mol. The third kappa shape index (κ3) is 3.46. The zero-order chi connectivity index (χ0) is 16.4. The zero-order valence-corrected chi connectivity index (χ0v) is 13.9. The lowest BCUT2D eigenvalue weighted by molar-refractivity contribution is 0.101. The van der Waals surface area contributed by atoms with Crippen molar-refractivity contribution in [2.24, 2.45) is 0 Å². The molecular formula is C16H9BrF2N2OS. The maximum atomic E-state index is 13.6. The van der Waals surface area contributed by atoms with E-state index in [2.05, 4.69) is 26.2 Å². The summed E-state index contributed by atoms with van der Waals surface area (Å²) in [4.78, 5) is 16.3. The number of hydrogen-bond donors (Lipinski definition) is 1. The molecule has 3 nitrogen and oxygen atoms in total. The first-order valence-electron chi connectivity index (χ1n) is 6.51. The summed E-state index contributed by atoms with van der Waals surface area (Å²) in [6.07, 6.45) is 0. The summed E-state index contributed by atoms with van der Waals surface area (Å²) in [7, 11) is 0. The number of amides is 1. The second-order valence-corrected chi connectivity index (χ2v) is 6.37. The van der Waals surface area contributed by atoms with Gasteiger partial charge in [-0.2, -0.15) is 0 Å². The predicted molar refractivity (Wildman–Crippen MR) is 89.6 cm³/mol. The van der Waals surface area contributed by atoms with Crippen LogP contribution in [0.3, 0.4) is 0 Å². The first-order valence-corrected chi connectivity index (χ1v) is 8.18. The second kappa shape index (κ2) is 6.55. The number of benzene rings is 2. The van der Waals surface area contributed by atoms with Crippen LogP contribution < -0.4 is 5.32 Å². The van der Waals surface area contributed by atoms with Gasteiger partial charge in [0.05, 0.1) is 5.69 Å². The molecule has 3 aromatic rings. The third-order valence-electron chi connectivity index (χ3n) is 3.05. The van der Waals surface area contributed by atoms with Gasteiger partial charge in [-0.05, 0) is 24.3 Å². The van der Waals surface area contributed by atoms with Gasteiger partial charge in [0.15, 0.2) is 5.13 Å². The van der Waals surface area contributed by atoms with E-state index in [1.54, 1.807) is 5.38 Å². The molecule has 7 heteroatoms. The Kier molecular flexibility index (Phi) is 4.49. The monoisotopic (exact) mass is 394 g/mol. The highest BCUT2D eigenvalue weighted by Gasteiger charge is 2.18. The molecule has 0 aliphatic heterocycles. The minimum absolute atomic E-state index is 0.274. The molecule has 0 saturated carbocycles. The average Bonchev–Trinajstić information content (AvgIpc) is 2.96. The van der Waals surface area contributed by atoms with E-state index in [9.17, 15) is 13.6 Å². The smallest absolute Gasteiger partial charge is 0.263 e. The Balaban J connectivity index is 1.82. The van der Waals surface area contributed by atoms with Crippen LogP contribution >= 0.6 is 27.3 Å². The molecule has 3 rings (SSSR count). The number of aromatic nitrogens is 1. The van der Waals surface area contributed by atoms with Gasteiger partial charge < -0.3 is 0 Å². The molecule has 1 N–H and O–H groups in total. The molecule has 0 radical (unpaired) electrons. The highest BCUT2D eigenvalue weighted by atomic mass is 79.9. The van der Waals surface area contributed by atoms with Crippen LogP contribution in [0.1, 0.15) is 10.4 Å². The van der Waals surface area contributed by atoms with Gasteiger partial charge in [-0.3, -0.25) is 10.1 Å². The van der Waals surface area contributed by atoms with Crippen molar-refractivity contribution in [3.63, 3.8) is 0 Å². The van der Waals surface area contributed by atoms with Gasteiger partial charge in [0.2, 0.25) is 0 Å². The van der Waals surface area contributed by atoms with Crippen LogP contribution in [0.5, 0.6) is 0 Å². The molecule has 1 heterocycles. The van der Waals surface area contributed by atoms with Gasteiger partial charge in [0.1, 0.15) is 17.2 Å². The van der Waals surface area contributed by atoms with Crippen molar-refractivity contribution in [3.8, 4) is 11.3 Å². The maximum Gasteiger partial charge on any atom is 0.263 e. The summed E-state index contributed by atoms with van der Waals surface area (Å²) in [5, 5.41) is 4.45.